The van der Waals surface area contributed by atoms with E-state index in [0.717, 1.165) is 0 Å². The Morgan fingerprint density at radius 2 is 1.60 bits per heavy atom. The van der Waals surface area contributed by atoms with Crippen molar-refractivity contribution in [1.82, 2.24) is 0 Å². The van der Waals surface area contributed by atoms with Crippen LogP contribution in [0.5, 0.6) is 0 Å². The van der Waals surface area contributed by atoms with Crippen LogP contribution in [0.15, 0.2) is 0 Å². The first-order valence-electron chi connectivity index (χ1n) is 2.78. The Morgan fingerprint density at radius 1 is 1.20 bits per heavy atom. The van der Waals surface area contributed by atoms with E-state index in [4.69, 9.17) is 18.7 Å². The molecule has 1 aliphatic rings. The van der Waals surface area contributed by atoms with Crippen molar-refractivity contribution in [3.05, 3.63) is 0 Å². The number of hydrogen-bond acceptors (Lipinski definition) is 4. The summed E-state index contributed by atoms with van der Waals surface area (Å²) in [6.45, 7) is 0. The molecular formula is C4H8BiClO2S2. The van der Waals surface area contributed by atoms with Gasteiger partial charge in [0.2, 0.25) is 0 Å². The van der Waals surface area contributed by atoms with Crippen LogP contribution >= 0.6 is 25.5 Å². The fraction of sp³-hybridized carbons (Fsp3) is 1.00. The van der Waals surface area contributed by atoms with Crippen molar-refractivity contribution in [1.29, 1.82) is 0 Å². The molecule has 0 unspecified atom stereocenters. The van der Waals surface area contributed by atoms with Gasteiger partial charge in [0, 0.05) is 0 Å². The zero-order chi connectivity index (χ0) is 7.56. The van der Waals surface area contributed by atoms with Crippen molar-refractivity contribution in [3.63, 3.8) is 0 Å². The molecule has 1 aliphatic heterocycles. The summed E-state index contributed by atoms with van der Waals surface area (Å²) in [4.78, 5) is 0. The van der Waals surface area contributed by atoms with Crippen LogP contribution in [0.2, 0.25) is 0 Å². The van der Waals surface area contributed by atoms with E-state index >= 15 is 0 Å². The average Bonchev–Trinajstić information content (AvgIpc) is 2.04. The van der Waals surface area contributed by atoms with Crippen LogP contribution in [0, 0.1) is 0 Å². The molecule has 0 bridgehead atoms. The summed E-state index contributed by atoms with van der Waals surface area (Å²) in [7, 11) is 9.30. The Kier molecular flexibility index (Phi) is 4.67. The first kappa shape index (κ1) is 9.88. The fourth-order valence-corrected chi connectivity index (χ4v) is 16.9. The molecule has 2 N–H and O–H groups in total. The van der Waals surface area contributed by atoms with Crippen molar-refractivity contribution in [3.8, 4) is 0 Å². The molecule has 1 saturated heterocycles. The SMILES string of the molecule is O[C@@H]1C[S][Bi]([Cl])[S]C[C@@H]1O. The topological polar surface area (TPSA) is 40.5 Å². The Morgan fingerprint density at radius 3 is 2.00 bits per heavy atom. The van der Waals surface area contributed by atoms with Gasteiger partial charge in [0.05, 0.1) is 0 Å². The third-order valence-electron chi connectivity index (χ3n) is 1.14. The maximum atomic E-state index is 9.17. The van der Waals surface area contributed by atoms with Gasteiger partial charge in [0.15, 0.2) is 0 Å². The summed E-state index contributed by atoms with van der Waals surface area (Å²) in [5.74, 6) is 1.24. The Labute approximate surface area is 76.4 Å². The van der Waals surface area contributed by atoms with Crippen LogP contribution in [-0.2, 0) is 0 Å². The van der Waals surface area contributed by atoms with Gasteiger partial charge in [0.1, 0.15) is 0 Å². The molecule has 2 nitrogen and oxygen atoms in total. The normalized spacial score (nSPS) is 37.5. The van der Waals surface area contributed by atoms with E-state index < -0.39 is 29.8 Å². The van der Waals surface area contributed by atoms with Crippen LogP contribution < -0.4 is 0 Å². The van der Waals surface area contributed by atoms with Gasteiger partial charge in [-0.15, -0.1) is 0 Å². The minimum absolute atomic E-state index is 0.559. The molecule has 10 heavy (non-hydrogen) atoms. The molecule has 0 spiro atoms. The molecule has 6 heteroatoms. The Bertz CT molecular complexity index is 105. The third kappa shape index (κ3) is 3.04. The second kappa shape index (κ2) is 4.73. The van der Waals surface area contributed by atoms with E-state index in [9.17, 15) is 0 Å². The third-order valence-corrected chi connectivity index (χ3v) is 21.4. The van der Waals surface area contributed by atoms with E-state index in [0.29, 0.717) is 11.5 Å². The van der Waals surface area contributed by atoms with Gasteiger partial charge in [0.25, 0.3) is 0 Å². The standard InChI is InChI=1S/C4H10O2S2.Bi.ClH/c5-3(1-7)4(6)2-8;;/h3-8H,1-2H2;;1H/q;+3;/p-3/t3-,4+;;. The van der Waals surface area contributed by atoms with E-state index in [-0.39, 0.29) is 0 Å². The van der Waals surface area contributed by atoms with Gasteiger partial charge >= 0.3 is 77.1 Å². The predicted octanol–water partition coefficient (Wildman–Crippen LogP) is 0.412. The molecule has 0 aromatic rings. The van der Waals surface area contributed by atoms with E-state index in [1.807, 2.05) is 0 Å². The summed E-state index contributed by atoms with van der Waals surface area (Å²) < 4.78 is 0. The van der Waals surface area contributed by atoms with Crippen LogP contribution in [0.1, 0.15) is 0 Å². The maximum absolute atomic E-state index is 9.17. The summed E-state index contributed by atoms with van der Waals surface area (Å²) >= 11 is -1.80. The molecule has 1 rings (SSSR count). The van der Waals surface area contributed by atoms with Gasteiger partial charge in [-0.2, -0.15) is 0 Å². The monoisotopic (exact) mass is 396 g/mol. The zero-order valence-corrected chi connectivity index (χ0v) is 11.0. The van der Waals surface area contributed by atoms with Gasteiger partial charge in [-0.1, -0.05) is 0 Å². The van der Waals surface area contributed by atoms with Crippen molar-refractivity contribution >= 4 is 43.2 Å². The second-order valence-corrected chi connectivity index (χ2v) is 25.7. The fourth-order valence-electron chi connectivity index (χ4n) is 0.529. The van der Waals surface area contributed by atoms with Gasteiger partial charge in [-0.05, 0) is 0 Å². The van der Waals surface area contributed by atoms with E-state index in [2.05, 4.69) is 0 Å². The summed E-state index contributed by atoms with van der Waals surface area (Å²) in [5, 5.41) is 18.3. The molecule has 60 valence electrons. The van der Waals surface area contributed by atoms with Gasteiger partial charge in [-0.3, -0.25) is 0 Å². The molecule has 0 aromatic carbocycles. The second-order valence-electron chi connectivity index (χ2n) is 1.94. The zero-order valence-electron chi connectivity index (χ0n) is 5.11. The summed E-state index contributed by atoms with van der Waals surface area (Å²) in [6.07, 6.45) is -1.12. The van der Waals surface area contributed by atoms with Gasteiger partial charge < -0.3 is 0 Å². The molecule has 0 amide bonds. The Balaban J connectivity index is 2.38. The first-order valence-corrected chi connectivity index (χ1v) is 17.5. The molecule has 2 atom stereocenters. The number of hydrogen-bond donors (Lipinski definition) is 2. The van der Waals surface area contributed by atoms with Crippen LogP contribution in [-0.4, -0.2) is 51.6 Å². The number of aliphatic hydroxyl groups is 2. The van der Waals surface area contributed by atoms with Crippen molar-refractivity contribution in [2.24, 2.45) is 0 Å². The number of halogens is 1. The van der Waals surface area contributed by atoms with Gasteiger partial charge in [-0.25, -0.2) is 0 Å². The van der Waals surface area contributed by atoms with Crippen LogP contribution in [0.4, 0.5) is 0 Å². The first-order chi connectivity index (χ1) is 4.70. The molecule has 1 heterocycles. The average molecular weight is 397 g/mol. The van der Waals surface area contributed by atoms with Crippen LogP contribution in [0.3, 0.4) is 0 Å². The molecule has 0 saturated carbocycles. The van der Waals surface area contributed by atoms with E-state index in [1.165, 1.54) is 0 Å². The van der Waals surface area contributed by atoms with Crippen molar-refractivity contribution in [2.45, 2.75) is 12.2 Å². The number of aliphatic hydroxyl groups excluding tert-OH is 2. The van der Waals surface area contributed by atoms with E-state index in [1.54, 1.807) is 17.0 Å². The number of rotatable bonds is 0. The molecule has 0 radical (unpaired) electrons. The summed E-state index contributed by atoms with van der Waals surface area (Å²) in [5.41, 5.74) is 0. The molecular weight excluding hydrogens is 389 g/mol. The predicted molar refractivity (Wildman–Crippen MR) is 48.5 cm³/mol. The van der Waals surface area contributed by atoms with Crippen molar-refractivity contribution in [2.75, 3.05) is 11.5 Å². The minimum atomic E-state index is -1.80. The Hall–Kier alpha value is 1.79. The summed E-state index contributed by atoms with van der Waals surface area (Å²) in [6, 6.07) is 0. The molecule has 1 fully saturated rings. The molecule has 0 aliphatic carbocycles. The molecule has 0 aromatic heterocycles. The van der Waals surface area contributed by atoms with Crippen molar-refractivity contribution < 1.29 is 10.2 Å². The quantitative estimate of drug-likeness (QED) is 0.582. The van der Waals surface area contributed by atoms with Crippen LogP contribution in [0.25, 0.3) is 0 Å².